The molecule has 130 valence electrons. The van der Waals surface area contributed by atoms with Crippen LogP contribution in [0, 0.1) is 0 Å². The molecule has 0 unspecified atom stereocenters. The Kier molecular flexibility index (Phi) is 5.61. The second kappa shape index (κ2) is 7.31. The van der Waals surface area contributed by atoms with Crippen LogP contribution in [0.2, 0.25) is 0 Å². The van der Waals surface area contributed by atoms with Crippen molar-refractivity contribution in [1.82, 2.24) is 4.98 Å². The maximum Gasteiger partial charge on any atom is 0.397 e. The van der Waals surface area contributed by atoms with Gasteiger partial charge in [-0.15, -0.1) is 10.2 Å². The fourth-order valence-corrected chi connectivity index (χ4v) is 3.51. The minimum absolute atomic E-state index is 0.0394. The number of nitrogens with zero attached hydrogens (tertiary/aromatic N) is 3. The maximum absolute atomic E-state index is 12.0. The zero-order valence-corrected chi connectivity index (χ0v) is 14.4. The van der Waals surface area contributed by atoms with Gasteiger partial charge < -0.3 is 5.73 Å². The lowest BCUT2D eigenvalue weighted by Gasteiger charge is -2.04. The third kappa shape index (κ3) is 5.61. The van der Waals surface area contributed by atoms with Crippen molar-refractivity contribution in [2.24, 2.45) is 10.2 Å². The summed E-state index contributed by atoms with van der Waals surface area (Å²) < 4.78 is 57.1. The number of nitrogen functional groups attached to an aromatic ring is 1. The molecule has 0 bridgehead atoms. The van der Waals surface area contributed by atoms with E-state index in [0.29, 0.717) is 15.8 Å². The van der Waals surface area contributed by atoms with Crippen molar-refractivity contribution in [3.05, 3.63) is 30.5 Å². The summed E-state index contributed by atoms with van der Waals surface area (Å²) in [5, 5.41) is 8.68. The Morgan fingerprint density at radius 2 is 1.83 bits per heavy atom. The van der Waals surface area contributed by atoms with Crippen molar-refractivity contribution in [3.63, 3.8) is 0 Å². The van der Waals surface area contributed by atoms with Gasteiger partial charge in [-0.1, -0.05) is 11.3 Å². The van der Waals surface area contributed by atoms with Crippen molar-refractivity contribution in [3.8, 4) is 0 Å². The van der Waals surface area contributed by atoms with Crippen LogP contribution in [0.4, 0.5) is 15.8 Å². The lowest BCUT2D eigenvalue weighted by molar-refractivity contribution is 0.284. The Labute approximate surface area is 141 Å². The molecule has 0 saturated heterocycles. The van der Waals surface area contributed by atoms with Gasteiger partial charge in [0.05, 0.1) is 29.1 Å². The molecule has 0 atom stereocenters. The number of sulfone groups is 1. The molecule has 0 fully saturated rings. The molecule has 1 aromatic heterocycles. The first kappa shape index (κ1) is 18.4. The van der Waals surface area contributed by atoms with E-state index in [1.54, 1.807) is 0 Å². The van der Waals surface area contributed by atoms with Crippen LogP contribution in [0.25, 0.3) is 0 Å². The van der Waals surface area contributed by atoms with E-state index in [-0.39, 0.29) is 4.90 Å². The van der Waals surface area contributed by atoms with Crippen LogP contribution in [0.15, 0.2) is 45.6 Å². The van der Waals surface area contributed by atoms with Crippen LogP contribution in [-0.2, 0) is 24.4 Å². The van der Waals surface area contributed by atoms with Crippen molar-refractivity contribution in [1.29, 1.82) is 0 Å². The second-order valence-corrected chi connectivity index (χ2v) is 8.54. The summed E-state index contributed by atoms with van der Waals surface area (Å²) in [6.07, 6.45) is 1.46. The number of hydrogen-bond acceptors (Lipinski definition) is 10. The Morgan fingerprint density at radius 1 is 1.17 bits per heavy atom. The molecule has 0 radical (unpaired) electrons. The maximum atomic E-state index is 12.0. The van der Waals surface area contributed by atoms with Crippen molar-refractivity contribution in [2.75, 3.05) is 18.1 Å². The highest BCUT2D eigenvalue weighted by Gasteiger charge is 2.16. The number of rotatable bonds is 7. The third-order valence-electron chi connectivity index (χ3n) is 2.56. The summed E-state index contributed by atoms with van der Waals surface area (Å²) in [6, 6.07) is 5.48. The van der Waals surface area contributed by atoms with Gasteiger partial charge in [-0.25, -0.2) is 17.6 Å². The molecular weight excluding hydrogens is 380 g/mol. The molecule has 0 aliphatic carbocycles. The quantitative estimate of drug-likeness (QED) is 0.532. The van der Waals surface area contributed by atoms with Crippen LogP contribution >= 0.6 is 11.3 Å². The van der Waals surface area contributed by atoms with Gasteiger partial charge in [-0.2, -0.15) is 8.42 Å². The molecule has 0 aliphatic heterocycles. The zero-order chi connectivity index (χ0) is 17.8. The number of aromatic nitrogens is 1. The van der Waals surface area contributed by atoms with Gasteiger partial charge >= 0.3 is 10.4 Å². The van der Waals surface area contributed by atoms with Crippen LogP contribution in [0.5, 0.6) is 0 Å². The van der Waals surface area contributed by atoms with Gasteiger partial charge in [0.1, 0.15) is 0 Å². The largest absolute Gasteiger partial charge is 0.397 e. The van der Waals surface area contributed by atoms with Crippen molar-refractivity contribution >= 4 is 47.4 Å². The molecule has 2 rings (SSSR count). The highest BCUT2D eigenvalue weighted by atomic mass is 32.3. The molecule has 0 amide bonds. The van der Waals surface area contributed by atoms with E-state index < -0.39 is 32.6 Å². The number of thiazole rings is 1. The van der Waals surface area contributed by atoms with Gasteiger partial charge in [0.2, 0.25) is 0 Å². The molecule has 10 nitrogen and oxygen atoms in total. The van der Waals surface area contributed by atoms with Crippen LogP contribution in [-0.4, -0.2) is 38.7 Å². The van der Waals surface area contributed by atoms with Gasteiger partial charge in [0.25, 0.3) is 0 Å². The first-order valence-electron chi connectivity index (χ1n) is 6.23. The first-order chi connectivity index (χ1) is 11.2. The van der Waals surface area contributed by atoms with Gasteiger partial charge in [-0.3, -0.25) is 4.55 Å². The minimum Gasteiger partial charge on any atom is -0.375 e. The molecule has 1 aromatic carbocycles. The summed E-state index contributed by atoms with van der Waals surface area (Å²) in [6.45, 7) is -0.685. The lowest BCUT2D eigenvalue weighted by atomic mass is 10.3. The molecule has 24 heavy (non-hydrogen) atoms. The number of anilines is 1. The SMILES string of the molecule is Nc1ncc(N=Nc2ccc(S(=O)(=O)CCOS(=O)(=O)O)cc2)s1. The van der Waals surface area contributed by atoms with Gasteiger partial charge in [0, 0.05) is 0 Å². The lowest BCUT2D eigenvalue weighted by Crippen LogP contribution is -2.15. The molecule has 2 aromatic rings. The Balaban J connectivity index is 2.03. The summed E-state index contributed by atoms with van der Waals surface area (Å²) in [5.41, 5.74) is 5.87. The van der Waals surface area contributed by atoms with E-state index in [9.17, 15) is 16.8 Å². The van der Waals surface area contributed by atoms with E-state index in [1.165, 1.54) is 30.5 Å². The van der Waals surface area contributed by atoms with Crippen LogP contribution < -0.4 is 5.73 Å². The topological polar surface area (TPSA) is 161 Å². The van der Waals surface area contributed by atoms with Crippen LogP contribution in [0.1, 0.15) is 0 Å². The fourth-order valence-electron chi connectivity index (χ4n) is 1.52. The predicted octanol–water partition coefficient (Wildman–Crippen LogP) is 1.73. The Hall–Kier alpha value is -1.93. The average Bonchev–Trinajstić information content (AvgIpc) is 2.89. The van der Waals surface area contributed by atoms with E-state index in [1.807, 2.05) is 0 Å². The standard InChI is InChI=1S/C11H12N4O6S3/c12-11-13-7-10(22-11)15-14-8-1-3-9(4-2-8)23(16,17)6-5-21-24(18,19)20/h1-4,7H,5-6H2,(H2,12,13)(H,18,19,20). The van der Waals surface area contributed by atoms with Crippen molar-refractivity contribution in [2.45, 2.75) is 4.90 Å². The number of azo groups is 1. The average molecular weight is 392 g/mol. The normalized spacial score (nSPS) is 12.7. The van der Waals surface area contributed by atoms with E-state index in [2.05, 4.69) is 19.4 Å². The zero-order valence-electron chi connectivity index (χ0n) is 11.9. The summed E-state index contributed by atoms with van der Waals surface area (Å²) in [4.78, 5) is 3.77. The van der Waals surface area contributed by atoms with Gasteiger partial charge in [0.15, 0.2) is 20.0 Å². The molecule has 1 heterocycles. The predicted molar refractivity (Wildman–Crippen MR) is 86.7 cm³/mol. The summed E-state index contributed by atoms with van der Waals surface area (Å²) in [5.74, 6) is -0.603. The molecule has 0 spiro atoms. The summed E-state index contributed by atoms with van der Waals surface area (Å²) in [7, 11) is -8.43. The summed E-state index contributed by atoms with van der Waals surface area (Å²) >= 11 is 1.15. The van der Waals surface area contributed by atoms with Gasteiger partial charge in [-0.05, 0) is 24.3 Å². The Bertz CT molecular complexity index is 934. The Morgan fingerprint density at radius 3 is 2.38 bits per heavy atom. The minimum atomic E-state index is -4.67. The first-order valence-corrected chi connectivity index (χ1v) is 10.1. The fraction of sp³-hybridized carbons (Fsp3) is 0.182. The third-order valence-corrected chi connectivity index (χ3v) is 5.43. The monoisotopic (exact) mass is 392 g/mol. The van der Waals surface area contributed by atoms with E-state index in [4.69, 9.17) is 10.3 Å². The second-order valence-electron chi connectivity index (χ2n) is 4.30. The molecular formula is C11H12N4O6S3. The molecule has 13 heteroatoms. The molecule has 0 saturated carbocycles. The molecule has 0 aliphatic rings. The smallest absolute Gasteiger partial charge is 0.375 e. The molecule has 3 N–H and O–H groups in total. The number of nitrogens with two attached hydrogens (primary N) is 1. The number of hydrogen-bond donors (Lipinski definition) is 2. The van der Waals surface area contributed by atoms with E-state index >= 15 is 0 Å². The van der Waals surface area contributed by atoms with E-state index in [0.717, 1.165) is 11.3 Å². The highest BCUT2D eigenvalue weighted by Crippen LogP contribution is 2.26. The number of benzene rings is 1. The highest BCUT2D eigenvalue weighted by molar-refractivity contribution is 7.91. The van der Waals surface area contributed by atoms with Crippen LogP contribution in [0.3, 0.4) is 0 Å². The van der Waals surface area contributed by atoms with Crippen molar-refractivity contribution < 1.29 is 25.6 Å².